The minimum absolute atomic E-state index is 0.271. The number of esters is 1. The van der Waals surface area contributed by atoms with Crippen LogP contribution in [0.4, 0.5) is 5.69 Å². The summed E-state index contributed by atoms with van der Waals surface area (Å²) in [6.07, 6.45) is 6.14. The predicted octanol–water partition coefficient (Wildman–Crippen LogP) is 1.82. The monoisotopic (exact) mass is 308 g/mol. The van der Waals surface area contributed by atoms with Crippen molar-refractivity contribution in [3.05, 3.63) is 60.7 Å². The zero-order valence-electron chi connectivity index (χ0n) is 12.0. The van der Waals surface area contributed by atoms with Gasteiger partial charge >= 0.3 is 5.97 Å². The quantitative estimate of drug-likeness (QED) is 0.739. The molecule has 0 unspecified atom stereocenters. The highest BCUT2D eigenvalue weighted by atomic mass is 16.5. The maximum atomic E-state index is 12.1. The van der Waals surface area contributed by atoms with Crippen LogP contribution in [0.15, 0.2) is 55.1 Å². The van der Waals surface area contributed by atoms with Crippen molar-refractivity contribution < 1.29 is 14.3 Å². The van der Waals surface area contributed by atoms with Gasteiger partial charge < -0.3 is 10.1 Å². The average molecular weight is 308 g/mol. The Labute approximate surface area is 131 Å². The molecule has 2 heterocycles. The van der Waals surface area contributed by atoms with Crippen LogP contribution in [0.1, 0.15) is 10.4 Å². The largest absolute Gasteiger partial charge is 0.452 e. The summed E-state index contributed by atoms with van der Waals surface area (Å²) in [5, 5.41) is 2.60. The average Bonchev–Trinajstić information content (AvgIpc) is 2.60. The number of carbonyl (C=O) groups is 2. The lowest BCUT2D eigenvalue weighted by atomic mass is 10.2. The van der Waals surface area contributed by atoms with Crippen LogP contribution in [0.2, 0.25) is 0 Å². The van der Waals surface area contributed by atoms with Crippen molar-refractivity contribution in [2.45, 2.75) is 0 Å². The number of rotatable bonds is 4. The Morgan fingerprint density at radius 3 is 2.61 bits per heavy atom. The normalized spacial score (nSPS) is 10.3. The van der Waals surface area contributed by atoms with E-state index in [0.717, 1.165) is 0 Å². The fraction of sp³-hybridized carbons (Fsp3) is 0.0625. The van der Waals surface area contributed by atoms with Gasteiger partial charge in [-0.05, 0) is 24.3 Å². The van der Waals surface area contributed by atoms with Gasteiger partial charge in [0.1, 0.15) is 5.52 Å². The Hall–Kier alpha value is -3.35. The molecule has 0 radical (unpaired) electrons. The summed E-state index contributed by atoms with van der Waals surface area (Å²) < 4.78 is 5.04. The van der Waals surface area contributed by atoms with Gasteiger partial charge in [-0.2, -0.15) is 0 Å². The van der Waals surface area contributed by atoms with Crippen LogP contribution in [-0.4, -0.2) is 33.4 Å². The second-order valence-corrected chi connectivity index (χ2v) is 4.59. The highest BCUT2D eigenvalue weighted by Crippen LogP contribution is 2.14. The van der Waals surface area contributed by atoms with Crippen molar-refractivity contribution in [3.63, 3.8) is 0 Å². The molecule has 0 fully saturated rings. The molecule has 3 aromatic rings. The van der Waals surface area contributed by atoms with Crippen molar-refractivity contribution in [2.24, 2.45) is 0 Å². The summed E-state index contributed by atoms with van der Waals surface area (Å²) in [4.78, 5) is 36.0. The molecule has 23 heavy (non-hydrogen) atoms. The van der Waals surface area contributed by atoms with E-state index in [4.69, 9.17) is 4.74 Å². The van der Waals surface area contributed by atoms with Crippen LogP contribution in [0, 0.1) is 0 Å². The van der Waals surface area contributed by atoms with Gasteiger partial charge in [-0.15, -0.1) is 0 Å². The molecule has 3 rings (SSSR count). The first-order valence-electron chi connectivity index (χ1n) is 6.81. The Bertz CT molecular complexity index is 847. The number of hydrogen-bond acceptors (Lipinski definition) is 6. The second kappa shape index (κ2) is 6.61. The third-order valence-electron chi connectivity index (χ3n) is 3.02. The first-order valence-corrected chi connectivity index (χ1v) is 6.81. The standard InChI is InChI=1S/C16H12N4O3/c21-14(20-11-4-6-17-7-5-11)10-23-16(22)12-2-1-3-13-15(12)19-9-8-18-13/h1-9H,10H2,(H,17,20,21). The third kappa shape index (κ3) is 3.46. The Kier molecular flexibility index (Phi) is 4.19. The van der Waals surface area contributed by atoms with E-state index < -0.39 is 18.5 Å². The molecule has 114 valence electrons. The van der Waals surface area contributed by atoms with Gasteiger partial charge in [-0.3, -0.25) is 19.7 Å². The molecule has 7 heteroatoms. The SMILES string of the molecule is O=C(COC(=O)c1cccc2nccnc12)Nc1ccncc1. The minimum atomic E-state index is -0.624. The Balaban J connectivity index is 1.66. The first kappa shape index (κ1) is 14.6. The summed E-state index contributed by atoms with van der Waals surface area (Å²) in [5.74, 6) is -1.06. The van der Waals surface area contributed by atoms with Crippen LogP contribution in [0.5, 0.6) is 0 Å². The molecule has 0 aliphatic carbocycles. The van der Waals surface area contributed by atoms with Crippen LogP contribution < -0.4 is 5.32 Å². The predicted molar refractivity (Wildman–Crippen MR) is 82.7 cm³/mol. The van der Waals surface area contributed by atoms with E-state index in [-0.39, 0.29) is 5.56 Å². The van der Waals surface area contributed by atoms with Gasteiger partial charge in [-0.25, -0.2) is 4.79 Å². The van der Waals surface area contributed by atoms with Gasteiger partial charge in [-0.1, -0.05) is 6.07 Å². The fourth-order valence-electron chi connectivity index (χ4n) is 2.00. The van der Waals surface area contributed by atoms with E-state index in [1.165, 1.54) is 6.20 Å². The summed E-state index contributed by atoms with van der Waals surface area (Å²) in [7, 11) is 0. The van der Waals surface area contributed by atoms with Crippen LogP contribution in [0.3, 0.4) is 0 Å². The highest BCUT2D eigenvalue weighted by molar-refractivity contribution is 6.02. The lowest BCUT2D eigenvalue weighted by Crippen LogP contribution is -2.21. The first-order chi connectivity index (χ1) is 11.2. The zero-order valence-corrected chi connectivity index (χ0v) is 12.0. The van der Waals surface area contributed by atoms with Crippen LogP contribution in [-0.2, 0) is 9.53 Å². The maximum Gasteiger partial charge on any atom is 0.340 e. The van der Waals surface area contributed by atoms with Crippen molar-refractivity contribution in [1.29, 1.82) is 0 Å². The molecule has 1 amide bonds. The molecule has 7 nitrogen and oxygen atoms in total. The molecular formula is C16H12N4O3. The summed E-state index contributed by atoms with van der Waals surface area (Å²) >= 11 is 0. The molecule has 1 aromatic carbocycles. The molecule has 0 aliphatic rings. The molecule has 0 atom stereocenters. The van der Waals surface area contributed by atoms with E-state index in [1.54, 1.807) is 48.9 Å². The number of hydrogen-bond donors (Lipinski definition) is 1. The smallest absolute Gasteiger partial charge is 0.340 e. The number of ether oxygens (including phenoxy) is 1. The van der Waals surface area contributed by atoms with Crippen LogP contribution >= 0.6 is 0 Å². The molecule has 1 N–H and O–H groups in total. The molecular weight excluding hydrogens is 296 g/mol. The number of carbonyl (C=O) groups excluding carboxylic acids is 2. The van der Waals surface area contributed by atoms with Gasteiger partial charge in [0.15, 0.2) is 6.61 Å². The zero-order chi connectivity index (χ0) is 16.1. The Morgan fingerprint density at radius 2 is 1.78 bits per heavy atom. The molecule has 0 saturated heterocycles. The van der Waals surface area contributed by atoms with Gasteiger partial charge in [0, 0.05) is 30.5 Å². The topological polar surface area (TPSA) is 94.1 Å². The highest BCUT2D eigenvalue weighted by Gasteiger charge is 2.14. The van der Waals surface area contributed by atoms with Crippen molar-refractivity contribution in [2.75, 3.05) is 11.9 Å². The fourth-order valence-corrected chi connectivity index (χ4v) is 2.00. The second-order valence-electron chi connectivity index (χ2n) is 4.59. The van der Waals surface area contributed by atoms with Crippen molar-refractivity contribution in [3.8, 4) is 0 Å². The van der Waals surface area contributed by atoms with Crippen molar-refractivity contribution in [1.82, 2.24) is 15.0 Å². The molecule has 0 aliphatic heterocycles. The van der Waals surface area contributed by atoms with Gasteiger partial charge in [0.2, 0.25) is 0 Å². The summed E-state index contributed by atoms with van der Waals surface area (Å²) in [6.45, 7) is -0.391. The number of aromatic nitrogens is 3. The summed E-state index contributed by atoms with van der Waals surface area (Å²) in [5.41, 5.74) is 1.88. The lowest BCUT2D eigenvalue weighted by molar-refractivity contribution is -0.119. The van der Waals surface area contributed by atoms with Crippen molar-refractivity contribution >= 4 is 28.6 Å². The van der Waals surface area contributed by atoms with Crippen LogP contribution in [0.25, 0.3) is 11.0 Å². The summed E-state index contributed by atoms with van der Waals surface area (Å²) in [6, 6.07) is 8.29. The number of nitrogens with one attached hydrogen (secondary N) is 1. The van der Waals surface area contributed by atoms with E-state index in [0.29, 0.717) is 16.7 Å². The minimum Gasteiger partial charge on any atom is -0.452 e. The molecule has 0 spiro atoms. The molecule has 0 bridgehead atoms. The van der Waals surface area contributed by atoms with Gasteiger partial charge in [0.05, 0.1) is 11.1 Å². The van der Waals surface area contributed by atoms with E-state index in [1.807, 2.05) is 0 Å². The number of anilines is 1. The number of pyridine rings is 1. The molecule has 0 saturated carbocycles. The number of benzene rings is 1. The van der Waals surface area contributed by atoms with E-state index in [2.05, 4.69) is 20.3 Å². The van der Waals surface area contributed by atoms with E-state index in [9.17, 15) is 9.59 Å². The van der Waals surface area contributed by atoms with Gasteiger partial charge in [0.25, 0.3) is 5.91 Å². The maximum absolute atomic E-state index is 12.1. The Morgan fingerprint density at radius 1 is 1.00 bits per heavy atom. The number of para-hydroxylation sites is 1. The number of fused-ring (bicyclic) bond motifs is 1. The molecule has 2 aromatic heterocycles. The van der Waals surface area contributed by atoms with E-state index >= 15 is 0 Å². The number of amides is 1. The third-order valence-corrected chi connectivity index (χ3v) is 3.02. The lowest BCUT2D eigenvalue weighted by Gasteiger charge is -2.07. The number of nitrogens with zero attached hydrogens (tertiary/aromatic N) is 3.